The summed E-state index contributed by atoms with van der Waals surface area (Å²) in [4.78, 5) is 21.2. The highest BCUT2D eigenvalue weighted by atomic mass is 35.5. The molecule has 34 heavy (non-hydrogen) atoms. The summed E-state index contributed by atoms with van der Waals surface area (Å²) in [6, 6.07) is 15.1. The number of hydrogen-bond acceptors (Lipinski definition) is 3. The highest BCUT2D eigenvalue weighted by molar-refractivity contribution is 6.30. The third kappa shape index (κ3) is 4.15. The summed E-state index contributed by atoms with van der Waals surface area (Å²) in [7, 11) is 0. The fourth-order valence-electron chi connectivity index (χ4n) is 4.22. The van der Waals surface area contributed by atoms with Gasteiger partial charge in [-0.25, -0.2) is 18.2 Å². The van der Waals surface area contributed by atoms with Crippen LogP contribution >= 0.6 is 11.6 Å². The summed E-state index contributed by atoms with van der Waals surface area (Å²) in [5, 5.41) is 0.646. The minimum atomic E-state index is -1.63. The normalized spacial score (nSPS) is 14.6. The maximum atomic E-state index is 14.1. The number of hydrogen-bond donors (Lipinski definition) is 0. The van der Waals surface area contributed by atoms with Crippen molar-refractivity contribution < 1.29 is 18.0 Å². The van der Waals surface area contributed by atoms with Gasteiger partial charge in [0.2, 0.25) is 0 Å². The first-order valence-electron chi connectivity index (χ1n) is 10.8. The number of rotatable bonds is 4. The molecule has 0 radical (unpaired) electrons. The second-order valence-corrected chi connectivity index (χ2v) is 8.57. The predicted octanol–water partition coefficient (Wildman–Crippen LogP) is 5.03. The summed E-state index contributed by atoms with van der Waals surface area (Å²) >= 11 is 6.05. The van der Waals surface area contributed by atoms with Crippen molar-refractivity contribution in [1.29, 1.82) is 0 Å². The van der Waals surface area contributed by atoms with E-state index in [1.165, 1.54) is 4.90 Å². The van der Waals surface area contributed by atoms with Gasteiger partial charge in [0.1, 0.15) is 5.65 Å². The van der Waals surface area contributed by atoms with Crippen LogP contribution in [0.25, 0.3) is 16.9 Å². The molecule has 0 aliphatic carbocycles. The molecule has 0 spiro atoms. The number of halogens is 4. The van der Waals surface area contributed by atoms with Crippen LogP contribution in [-0.2, 0) is 6.54 Å². The molecule has 0 unspecified atom stereocenters. The van der Waals surface area contributed by atoms with E-state index in [1.807, 2.05) is 53.1 Å². The Labute approximate surface area is 199 Å². The first-order chi connectivity index (χ1) is 16.4. The van der Waals surface area contributed by atoms with Crippen molar-refractivity contribution >= 4 is 23.2 Å². The molecule has 3 heterocycles. The largest absolute Gasteiger partial charge is 0.336 e. The fraction of sp³-hybridized carbons (Fsp3) is 0.200. The van der Waals surface area contributed by atoms with Crippen molar-refractivity contribution in [2.24, 2.45) is 0 Å². The summed E-state index contributed by atoms with van der Waals surface area (Å²) in [6.07, 6.45) is 1.96. The molecule has 1 fully saturated rings. The third-order valence-electron chi connectivity index (χ3n) is 6.04. The van der Waals surface area contributed by atoms with Gasteiger partial charge < -0.3 is 9.30 Å². The Morgan fingerprint density at radius 2 is 1.65 bits per heavy atom. The molecular weight excluding hydrogens is 465 g/mol. The standard InChI is InChI=1S/C25H20ClF3N4O/c26-17-6-4-16(5-7-17)24-20(33-10-2-1-3-21(33)30-24)15-31-11-13-32(14-12-31)25(34)18-8-9-19(27)23(29)22(18)28/h1-10H,11-15H2. The zero-order valence-corrected chi connectivity index (χ0v) is 18.8. The minimum absolute atomic E-state index is 0.338. The Kier molecular flexibility index (Phi) is 6.02. The van der Waals surface area contributed by atoms with Crippen LogP contribution < -0.4 is 0 Å². The number of pyridine rings is 1. The highest BCUT2D eigenvalue weighted by Gasteiger charge is 2.27. The highest BCUT2D eigenvalue weighted by Crippen LogP contribution is 2.27. The number of aromatic nitrogens is 2. The molecule has 9 heteroatoms. The molecule has 2 aromatic carbocycles. The van der Waals surface area contributed by atoms with Gasteiger partial charge in [-0.05, 0) is 36.4 Å². The van der Waals surface area contributed by atoms with Crippen LogP contribution in [0.5, 0.6) is 0 Å². The van der Waals surface area contributed by atoms with E-state index in [1.54, 1.807) is 0 Å². The maximum absolute atomic E-state index is 14.1. The molecule has 0 atom stereocenters. The number of carbonyl (C=O) groups is 1. The van der Waals surface area contributed by atoms with E-state index in [0.717, 1.165) is 34.7 Å². The van der Waals surface area contributed by atoms with E-state index in [-0.39, 0.29) is 0 Å². The van der Waals surface area contributed by atoms with E-state index in [0.29, 0.717) is 37.7 Å². The molecule has 0 bridgehead atoms. The van der Waals surface area contributed by atoms with Gasteiger partial charge in [-0.15, -0.1) is 0 Å². The lowest BCUT2D eigenvalue weighted by molar-refractivity contribution is 0.0621. The van der Waals surface area contributed by atoms with Crippen LogP contribution in [-0.4, -0.2) is 51.3 Å². The summed E-state index contributed by atoms with van der Waals surface area (Å²) in [5.41, 5.74) is 3.17. The number of fused-ring (bicyclic) bond motifs is 1. The second-order valence-electron chi connectivity index (χ2n) is 8.13. The Morgan fingerprint density at radius 1 is 0.912 bits per heavy atom. The second kappa shape index (κ2) is 9.12. The van der Waals surface area contributed by atoms with Crippen molar-refractivity contribution in [3.8, 4) is 11.3 Å². The van der Waals surface area contributed by atoms with Gasteiger partial charge in [0.15, 0.2) is 17.5 Å². The third-order valence-corrected chi connectivity index (χ3v) is 6.30. The molecular formula is C25H20ClF3N4O. The Bertz CT molecular complexity index is 1360. The number of nitrogens with zero attached hydrogens (tertiary/aromatic N) is 4. The van der Waals surface area contributed by atoms with Crippen LogP contribution in [0.3, 0.4) is 0 Å². The van der Waals surface area contributed by atoms with Crippen molar-refractivity contribution in [2.45, 2.75) is 6.54 Å². The van der Waals surface area contributed by atoms with Crippen LogP contribution in [0.1, 0.15) is 16.1 Å². The van der Waals surface area contributed by atoms with Crippen LogP contribution in [0.4, 0.5) is 13.2 Å². The number of amides is 1. The average Bonchev–Trinajstić information content (AvgIpc) is 3.21. The van der Waals surface area contributed by atoms with Crippen molar-refractivity contribution in [3.63, 3.8) is 0 Å². The quantitative estimate of drug-likeness (QED) is 0.381. The van der Waals surface area contributed by atoms with E-state index < -0.39 is 28.9 Å². The molecule has 4 aromatic rings. The molecule has 1 amide bonds. The summed E-state index contributed by atoms with van der Waals surface area (Å²) in [6.45, 7) is 2.34. The van der Waals surface area contributed by atoms with Crippen LogP contribution in [0, 0.1) is 17.5 Å². The van der Waals surface area contributed by atoms with Gasteiger partial charge in [0, 0.05) is 49.5 Å². The minimum Gasteiger partial charge on any atom is -0.336 e. The van der Waals surface area contributed by atoms with Gasteiger partial charge in [-0.2, -0.15) is 0 Å². The van der Waals surface area contributed by atoms with Crippen molar-refractivity contribution in [2.75, 3.05) is 26.2 Å². The number of imidazole rings is 1. The lowest BCUT2D eigenvalue weighted by Crippen LogP contribution is -2.48. The first-order valence-corrected chi connectivity index (χ1v) is 11.2. The molecule has 5 nitrogen and oxygen atoms in total. The molecule has 174 valence electrons. The molecule has 2 aromatic heterocycles. The van der Waals surface area contributed by atoms with E-state index in [9.17, 15) is 18.0 Å². The smallest absolute Gasteiger partial charge is 0.257 e. The molecule has 1 aliphatic heterocycles. The van der Waals surface area contributed by atoms with Gasteiger partial charge in [0.25, 0.3) is 5.91 Å². The van der Waals surface area contributed by atoms with E-state index in [4.69, 9.17) is 16.6 Å². The average molecular weight is 485 g/mol. The van der Waals surface area contributed by atoms with Gasteiger partial charge in [0.05, 0.1) is 17.0 Å². The van der Waals surface area contributed by atoms with Crippen LogP contribution in [0.2, 0.25) is 5.02 Å². The Hall–Kier alpha value is -3.36. The maximum Gasteiger partial charge on any atom is 0.257 e. The van der Waals surface area contributed by atoms with Gasteiger partial charge in [-0.3, -0.25) is 9.69 Å². The van der Waals surface area contributed by atoms with Crippen molar-refractivity contribution in [1.82, 2.24) is 19.2 Å². The Morgan fingerprint density at radius 3 is 2.38 bits per heavy atom. The molecule has 5 rings (SSSR count). The lowest BCUT2D eigenvalue weighted by atomic mass is 10.1. The first kappa shape index (κ1) is 22.4. The zero-order valence-electron chi connectivity index (χ0n) is 18.0. The SMILES string of the molecule is O=C(c1ccc(F)c(F)c1F)N1CCN(Cc2c(-c3ccc(Cl)cc3)nc3ccccn23)CC1. The number of carbonyl (C=O) groups excluding carboxylic acids is 1. The van der Waals surface area contributed by atoms with E-state index in [2.05, 4.69) is 4.90 Å². The van der Waals surface area contributed by atoms with Crippen LogP contribution in [0.15, 0.2) is 60.8 Å². The lowest BCUT2D eigenvalue weighted by Gasteiger charge is -2.34. The van der Waals surface area contributed by atoms with Gasteiger partial charge in [-0.1, -0.05) is 29.8 Å². The molecule has 1 aliphatic rings. The summed E-state index contributed by atoms with van der Waals surface area (Å²) < 4.78 is 42.9. The Balaban J connectivity index is 1.35. The molecule has 0 N–H and O–H groups in total. The number of piperazine rings is 1. The zero-order chi connectivity index (χ0) is 23.8. The number of benzene rings is 2. The summed E-state index contributed by atoms with van der Waals surface area (Å²) in [5.74, 6) is -5.05. The van der Waals surface area contributed by atoms with Gasteiger partial charge >= 0.3 is 0 Å². The monoisotopic (exact) mass is 484 g/mol. The topological polar surface area (TPSA) is 40.9 Å². The molecule has 0 saturated carbocycles. The van der Waals surface area contributed by atoms with E-state index >= 15 is 0 Å². The van der Waals surface area contributed by atoms with Crippen molar-refractivity contribution in [3.05, 3.63) is 94.5 Å². The molecule has 1 saturated heterocycles. The fourth-order valence-corrected chi connectivity index (χ4v) is 4.34. The predicted molar refractivity (Wildman–Crippen MR) is 123 cm³/mol.